The number of benzene rings is 1. The average Bonchev–Trinajstić information content (AvgIpc) is 2.45. The third kappa shape index (κ3) is 3.01. The Bertz CT molecular complexity index is 542. The molecule has 1 saturated carbocycles. The summed E-state index contributed by atoms with van der Waals surface area (Å²) in [4.78, 5) is 16.9. The number of rotatable bonds is 3. The molecule has 1 aliphatic carbocycles. The zero-order chi connectivity index (χ0) is 15.7. The molecule has 4 nitrogen and oxygen atoms in total. The molecule has 2 aliphatic rings. The predicted octanol–water partition coefficient (Wildman–Crippen LogP) is 1.64. The van der Waals surface area contributed by atoms with Crippen LogP contribution < -0.4 is 5.32 Å². The minimum Gasteiger partial charge on any atom is -0.333 e. The van der Waals surface area contributed by atoms with Gasteiger partial charge in [0.25, 0.3) is 0 Å². The lowest BCUT2D eigenvalue weighted by molar-refractivity contribution is -0.143. The predicted molar refractivity (Wildman–Crippen MR) is 83.9 cm³/mol. The molecule has 1 unspecified atom stereocenters. The Morgan fingerprint density at radius 3 is 2.82 bits per heavy atom. The van der Waals surface area contributed by atoms with Crippen LogP contribution in [0.2, 0.25) is 0 Å². The van der Waals surface area contributed by atoms with Gasteiger partial charge in [-0.2, -0.15) is 0 Å². The number of carbonyl (C=O) groups excluding carboxylic acids is 1. The molecule has 120 valence electrons. The molecule has 1 heterocycles. The van der Waals surface area contributed by atoms with E-state index in [2.05, 4.69) is 24.3 Å². The fourth-order valence-corrected chi connectivity index (χ4v) is 3.43. The van der Waals surface area contributed by atoms with Crippen molar-refractivity contribution in [3.63, 3.8) is 0 Å². The summed E-state index contributed by atoms with van der Waals surface area (Å²) in [7, 11) is 4.12. The van der Waals surface area contributed by atoms with E-state index in [-0.39, 0.29) is 23.7 Å². The molecule has 1 aliphatic heterocycles. The van der Waals surface area contributed by atoms with Crippen LogP contribution in [0.4, 0.5) is 4.39 Å². The molecular weight excluding hydrogens is 281 g/mol. The van der Waals surface area contributed by atoms with Gasteiger partial charge >= 0.3 is 0 Å². The molecule has 22 heavy (non-hydrogen) atoms. The summed E-state index contributed by atoms with van der Waals surface area (Å²) >= 11 is 0. The lowest BCUT2D eigenvalue weighted by atomic mass is 9.78. The first-order valence-electron chi connectivity index (χ1n) is 7.99. The fraction of sp³-hybridized carbons (Fsp3) is 0.588. The van der Waals surface area contributed by atoms with Crippen LogP contribution in [-0.4, -0.2) is 55.5 Å². The van der Waals surface area contributed by atoms with Crippen molar-refractivity contribution in [3.8, 4) is 0 Å². The van der Waals surface area contributed by atoms with Crippen LogP contribution in [0.3, 0.4) is 0 Å². The molecule has 2 fully saturated rings. The van der Waals surface area contributed by atoms with Gasteiger partial charge in [-0.3, -0.25) is 4.79 Å². The van der Waals surface area contributed by atoms with Crippen molar-refractivity contribution in [2.45, 2.75) is 24.9 Å². The largest absolute Gasteiger partial charge is 0.333 e. The maximum Gasteiger partial charge on any atom is 0.226 e. The Morgan fingerprint density at radius 1 is 1.36 bits per heavy atom. The van der Waals surface area contributed by atoms with Gasteiger partial charge in [0.1, 0.15) is 5.82 Å². The summed E-state index contributed by atoms with van der Waals surface area (Å²) in [5.41, 5.74) is 0.879. The monoisotopic (exact) mass is 305 g/mol. The third-order valence-electron chi connectivity index (χ3n) is 4.95. The Morgan fingerprint density at radius 2 is 2.14 bits per heavy atom. The highest BCUT2D eigenvalue weighted by Crippen LogP contribution is 2.34. The topological polar surface area (TPSA) is 35.6 Å². The Kier molecular flexibility index (Phi) is 4.45. The molecule has 1 aromatic rings. The molecular formula is C17H24FN3O. The van der Waals surface area contributed by atoms with E-state index in [1.807, 2.05) is 11.0 Å². The molecule has 1 saturated heterocycles. The van der Waals surface area contributed by atoms with E-state index >= 15 is 0 Å². The van der Waals surface area contributed by atoms with Crippen molar-refractivity contribution in [1.82, 2.24) is 15.1 Å². The molecule has 0 radical (unpaired) electrons. The van der Waals surface area contributed by atoms with Crippen LogP contribution in [0.25, 0.3) is 0 Å². The molecule has 1 atom stereocenters. The van der Waals surface area contributed by atoms with E-state index in [0.717, 1.165) is 24.9 Å². The highest BCUT2D eigenvalue weighted by Gasteiger charge is 2.40. The van der Waals surface area contributed by atoms with Gasteiger partial charge in [0.15, 0.2) is 0 Å². The zero-order valence-electron chi connectivity index (χ0n) is 13.3. The highest BCUT2D eigenvalue weighted by molar-refractivity contribution is 5.80. The van der Waals surface area contributed by atoms with Crippen LogP contribution in [0.15, 0.2) is 24.3 Å². The number of carbonyl (C=O) groups is 1. The number of amides is 1. The maximum atomic E-state index is 13.5. The van der Waals surface area contributed by atoms with Gasteiger partial charge in [-0.05, 0) is 44.6 Å². The van der Waals surface area contributed by atoms with E-state index in [9.17, 15) is 9.18 Å². The van der Waals surface area contributed by atoms with Gasteiger partial charge < -0.3 is 15.1 Å². The SMILES string of the molecule is CN(C)C1CC(C(=O)N2CCNCC2c2cccc(F)c2)C1. The van der Waals surface area contributed by atoms with E-state index < -0.39 is 0 Å². The minimum absolute atomic E-state index is 0.0599. The number of hydrogen-bond donors (Lipinski definition) is 1. The summed E-state index contributed by atoms with van der Waals surface area (Å²) in [5, 5.41) is 3.32. The molecule has 1 aromatic carbocycles. The fourth-order valence-electron chi connectivity index (χ4n) is 3.43. The van der Waals surface area contributed by atoms with Crippen LogP contribution in [0.5, 0.6) is 0 Å². The van der Waals surface area contributed by atoms with Crippen molar-refractivity contribution in [1.29, 1.82) is 0 Å². The number of piperazine rings is 1. The van der Waals surface area contributed by atoms with Crippen LogP contribution >= 0.6 is 0 Å². The van der Waals surface area contributed by atoms with Gasteiger partial charge in [0.05, 0.1) is 6.04 Å². The lowest BCUT2D eigenvalue weighted by Crippen LogP contribution is -2.54. The number of halogens is 1. The first-order chi connectivity index (χ1) is 10.6. The van der Waals surface area contributed by atoms with E-state index in [0.29, 0.717) is 19.1 Å². The van der Waals surface area contributed by atoms with Crippen LogP contribution in [-0.2, 0) is 4.79 Å². The lowest BCUT2D eigenvalue weighted by Gasteiger charge is -2.44. The highest BCUT2D eigenvalue weighted by atomic mass is 19.1. The standard InChI is InChI=1S/C17H24FN3O/c1-20(2)15-9-13(10-15)17(22)21-7-6-19-11-16(21)12-4-3-5-14(18)8-12/h3-5,8,13,15-16,19H,6-7,9-11H2,1-2H3. The van der Waals surface area contributed by atoms with Gasteiger partial charge in [0.2, 0.25) is 5.91 Å². The van der Waals surface area contributed by atoms with E-state index in [4.69, 9.17) is 0 Å². The average molecular weight is 305 g/mol. The van der Waals surface area contributed by atoms with E-state index in [1.165, 1.54) is 6.07 Å². The van der Waals surface area contributed by atoms with Crippen molar-refractivity contribution in [2.75, 3.05) is 33.7 Å². The third-order valence-corrected chi connectivity index (χ3v) is 4.95. The van der Waals surface area contributed by atoms with Crippen molar-refractivity contribution >= 4 is 5.91 Å². The summed E-state index contributed by atoms with van der Waals surface area (Å²) < 4.78 is 13.5. The molecule has 0 aromatic heterocycles. The summed E-state index contributed by atoms with van der Waals surface area (Å²) in [5.74, 6) is 0.113. The second-order valence-corrected chi connectivity index (χ2v) is 6.59. The van der Waals surface area contributed by atoms with Gasteiger partial charge in [0, 0.05) is 31.6 Å². The molecule has 3 rings (SSSR count). The molecule has 1 amide bonds. The van der Waals surface area contributed by atoms with Crippen molar-refractivity contribution in [2.24, 2.45) is 5.92 Å². The molecule has 0 spiro atoms. The minimum atomic E-state index is -0.244. The Balaban J connectivity index is 1.72. The van der Waals surface area contributed by atoms with Crippen molar-refractivity contribution < 1.29 is 9.18 Å². The number of nitrogens with one attached hydrogen (secondary N) is 1. The molecule has 5 heteroatoms. The normalized spacial score (nSPS) is 28.5. The van der Waals surface area contributed by atoms with Gasteiger partial charge in [-0.1, -0.05) is 12.1 Å². The second kappa shape index (κ2) is 6.34. The first kappa shape index (κ1) is 15.4. The smallest absolute Gasteiger partial charge is 0.226 e. The molecule has 1 N–H and O–H groups in total. The van der Waals surface area contributed by atoms with Gasteiger partial charge in [-0.25, -0.2) is 4.39 Å². The summed E-state index contributed by atoms with van der Waals surface area (Å²) in [6.07, 6.45) is 1.87. The number of nitrogens with zero attached hydrogens (tertiary/aromatic N) is 2. The zero-order valence-corrected chi connectivity index (χ0v) is 13.3. The Labute approximate surface area is 131 Å². The van der Waals surface area contributed by atoms with Gasteiger partial charge in [-0.15, -0.1) is 0 Å². The van der Waals surface area contributed by atoms with E-state index in [1.54, 1.807) is 12.1 Å². The first-order valence-corrected chi connectivity index (χ1v) is 7.99. The molecule has 0 bridgehead atoms. The summed E-state index contributed by atoms with van der Waals surface area (Å²) in [6, 6.07) is 7.07. The Hall–Kier alpha value is -1.46. The second-order valence-electron chi connectivity index (χ2n) is 6.59. The van der Waals surface area contributed by atoms with Crippen LogP contribution in [0, 0.1) is 11.7 Å². The summed E-state index contributed by atoms with van der Waals surface area (Å²) in [6.45, 7) is 2.20. The number of hydrogen-bond acceptors (Lipinski definition) is 3. The van der Waals surface area contributed by atoms with Crippen molar-refractivity contribution in [3.05, 3.63) is 35.6 Å². The maximum absolute atomic E-state index is 13.5. The quantitative estimate of drug-likeness (QED) is 0.922. The van der Waals surface area contributed by atoms with Crippen LogP contribution in [0.1, 0.15) is 24.4 Å².